The number of nitrogens with two attached hydrogens (primary N) is 1. The van der Waals surface area contributed by atoms with Gasteiger partial charge in [0.2, 0.25) is 0 Å². The van der Waals surface area contributed by atoms with Gasteiger partial charge in [0.05, 0.1) is 0 Å². The van der Waals surface area contributed by atoms with Crippen molar-refractivity contribution in [1.29, 1.82) is 0 Å². The quantitative estimate of drug-likeness (QED) is 0.600. The zero-order valence-corrected chi connectivity index (χ0v) is 10.7. The van der Waals surface area contributed by atoms with Crippen molar-refractivity contribution in [1.82, 2.24) is 0 Å². The number of aryl methyl sites for hydroxylation is 1. The summed E-state index contributed by atoms with van der Waals surface area (Å²) in [5.41, 5.74) is 8.16. The molecule has 0 fully saturated rings. The Morgan fingerprint density at radius 2 is 2.13 bits per heavy atom. The van der Waals surface area contributed by atoms with Crippen LogP contribution in [0, 0.1) is 12.8 Å². The highest BCUT2D eigenvalue weighted by molar-refractivity contribution is 7.99. The third-order valence-electron chi connectivity index (χ3n) is 2.59. The van der Waals surface area contributed by atoms with Crippen molar-refractivity contribution in [3.63, 3.8) is 0 Å². The van der Waals surface area contributed by atoms with Crippen LogP contribution < -0.4 is 5.73 Å². The van der Waals surface area contributed by atoms with Crippen molar-refractivity contribution in [3.05, 3.63) is 23.8 Å². The smallest absolute Gasteiger partial charge is 0.0481 e. The van der Waals surface area contributed by atoms with Crippen molar-refractivity contribution in [2.24, 2.45) is 5.92 Å². The molecule has 0 radical (unpaired) electrons. The van der Waals surface area contributed by atoms with Crippen LogP contribution in [-0.4, -0.2) is 5.75 Å². The first-order valence-corrected chi connectivity index (χ1v) is 6.61. The standard InChI is InChI=1S/C13H21NS/c1-4-6-10(2)9-15-12-8-5-7-11(3)13(12)14/h5,7-8,10H,4,6,9,14H2,1-3H3. The first-order chi connectivity index (χ1) is 7.15. The molecule has 0 heterocycles. The van der Waals surface area contributed by atoms with E-state index in [0.717, 1.165) is 11.6 Å². The van der Waals surface area contributed by atoms with E-state index in [1.54, 1.807) is 0 Å². The van der Waals surface area contributed by atoms with E-state index in [2.05, 4.69) is 39.0 Å². The van der Waals surface area contributed by atoms with E-state index in [9.17, 15) is 0 Å². The maximum Gasteiger partial charge on any atom is 0.0481 e. The lowest BCUT2D eigenvalue weighted by Gasteiger charge is -2.11. The lowest BCUT2D eigenvalue weighted by Crippen LogP contribution is -1.99. The average Bonchev–Trinajstić information content (AvgIpc) is 2.21. The molecule has 84 valence electrons. The Hall–Kier alpha value is -0.630. The molecule has 1 aromatic carbocycles. The second-order valence-corrected chi connectivity index (χ2v) is 5.25. The van der Waals surface area contributed by atoms with Crippen LogP contribution in [0.2, 0.25) is 0 Å². The molecule has 1 rings (SSSR count). The topological polar surface area (TPSA) is 26.0 Å². The average molecular weight is 223 g/mol. The first kappa shape index (κ1) is 12.4. The Bertz CT molecular complexity index is 309. The molecule has 0 bridgehead atoms. The largest absolute Gasteiger partial charge is 0.398 e. The highest BCUT2D eigenvalue weighted by Gasteiger charge is 2.05. The van der Waals surface area contributed by atoms with Crippen LogP contribution in [0.1, 0.15) is 32.3 Å². The van der Waals surface area contributed by atoms with Crippen molar-refractivity contribution >= 4 is 17.4 Å². The highest BCUT2D eigenvalue weighted by Crippen LogP contribution is 2.29. The summed E-state index contributed by atoms with van der Waals surface area (Å²) in [6, 6.07) is 6.26. The summed E-state index contributed by atoms with van der Waals surface area (Å²) in [6.45, 7) is 6.61. The van der Waals surface area contributed by atoms with E-state index in [4.69, 9.17) is 5.73 Å². The van der Waals surface area contributed by atoms with Gasteiger partial charge in [0.25, 0.3) is 0 Å². The summed E-state index contributed by atoms with van der Waals surface area (Å²) in [6.07, 6.45) is 2.57. The van der Waals surface area contributed by atoms with Crippen molar-refractivity contribution < 1.29 is 0 Å². The second kappa shape index (κ2) is 6.06. The Balaban J connectivity index is 2.54. The fourth-order valence-electron chi connectivity index (χ4n) is 1.59. The fraction of sp³-hybridized carbons (Fsp3) is 0.538. The van der Waals surface area contributed by atoms with Gasteiger partial charge in [-0.05, 0) is 24.5 Å². The molecule has 15 heavy (non-hydrogen) atoms. The number of hydrogen-bond acceptors (Lipinski definition) is 2. The Labute approximate surface area is 97.4 Å². The third-order valence-corrected chi connectivity index (χ3v) is 3.99. The number of para-hydroxylation sites is 1. The van der Waals surface area contributed by atoms with Crippen LogP contribution >= 0.6 is 11.8 Å². The number of benzene rings is 1. The molecule has 2 N–H and O–H groups in total. The molecule has 0 aliphatic carbocycles. The number of rotatable bonds is 5. The van der Waals surface area contributed by atoms with E-state index in [1.807, 2.05) is 11.8 Å². The fourth-order valence-corrected chi connectivity index (χ4v) is 2.71. The molecule has 2 heteroatoms. The number of hydrogen-bond donors (Lipinski definition) is 1. The molecule has 0 aliphatic heterocycles. The van der Waals surface area contributed by atoms with Gasteiger partial charge in [0.15, 0.2) is 0 Å². The van der Waals surface area contributed by atoms with Gasteiger partial charge in [-0.3, -0.25) is 0 Å². The van der Waals surface area contributed by atoms with Gasteiger partial charge in [-0.1, -0.05) is 38.8 Å². The summed E-state index contributed by atoms with van der Waals surface area (Å²) in [5.74, 6) is 1.95. The predicted molar refractivity (Wildman–Crippen MR) is 70.4 cm³/mol. The van der Waals surface area contributed by atoms with Gasteiger partial charge in [0.1, 0.15) is 0 Å². The van der Waals surface area contributed by atoms with Gasteiger partial charge < -0.3 is 5.73 Å². The molecule has 0 amide bonds. The summed E-state index contributed by atoms with van der Waals surface area (Å²) in [5, 5.41) is 0. The highest BCUT2D eigenvalue weighted by atomic mass is 32.2. The molecule has 1 aromatic rings. The number of anilines is 1. The van der Waals surface area contributed by atoms with Crippen molar-refractivity contribution in [2.75, 3.05) is 11.5 Å². The molecular formula is C13H21NS. The van der Waals surface area contributed by atoms with Crippen LogP contribution in [0.4, 0.5) is 5.69 Å². The Kier molecular flexibility index (Phi) is 5.03. The molecule has 1 unspecified atom stereocenters. The number of nitrogen functional groups attached to an aromatic ring is 1. The maximum absolute atomic E-state index is 6.02. The SMILES string of the molecule is CCCC(C)CSc1cccc(C)c1N. The predicted octanol–water partition coefficient (Wildman–Crippen LogP) is 4.11. The second-order valence-electron chi connectivity index (χ2n) is 4.19. The normalized spacial score (nSPS) is 12.7. The monoisotopic (exact) mass is 223 g/mol. The van der Waals surface area contributed by atoms with Gasteiger partial charge in [-0.15, -0.1) is 11.8 Å². The Morgan fingerprint density at radius 1 is 1.40 bits per heavy atom. The third kappa shape index (κ3) is 3.78. The zero-order chi connectivity index (χ0) is 11.3. The lowest BCUT2D eigenvalue weighted by molar-refractivity contribution is 0.585. The molecule has 1 nitrogen and oxygen atoms in total. The van der Waals surface area contributed by atoms with E-state index in [-0.39, 0.29) is 0 Å². The van der Waals surface area contributed by atoms with Gasteiger partial charge in [0, 0.05) is 16.3 Å². The first-order valence-electron chi connectivity index (χ1n) is 5.63. The van der Waals surface area contributed by atoms with E-state index in [0.29, 0.717) is 0 Å². The molecule has 0 saturated carbocycles. The molecular weight excluding hydrogens is 202 g/mol. The molecule has 0 saturated heterocycles. The van der Waals surface area contributed by atoms with E-state index < -0.39 is 0 Å². The minimum absolute atomic E-state index is 0.778. The van der Waals surface area contributed by atoms with Gasteiger partial charge in [-0.2, -0.15) is 0 Å². The minimum Gasteiger partial charge on any atom is -0.398 e. The van der Waals surface area contributed by atoms with Crippen molar-refractivity contribution in [3.8, 4) is 0 Å². The van der Waals surface area contributed by atoms with E-state index in [1.165, 1.54) is 29.1 Å². The summed E-state index contributed by atoms with van der Waals surface area (Å²) in [4.78, 5) is 1.23. The maximum atomic E-state index is 6.02. The lowest BCUT2D eigenvalue weighted by atomic mass is 10.1. The van der Waals surface area contributed by atoms with Gasteiger partial charge in [-0.25, -0.2) is 0 Å². The van der Waals surface area contributed by atoms with Crippen LogP contribution in [0.25, 0.3) is 0 Å². The van der Waals surface area contributed by atoms with Gasteiger partial charge >= 0.3 is 0 Å². The summed E-state index contributed by atoms with van der Waals surface area (Å²) in [7, 11) is 0. The van der Waals surface area contributed by atoms with Crippen LogP contribution in [0.15, 0.2) is 23.1 Å². The molecule has 0 spiro atoms. The molecule has 0 aliphatic rings. The molecule has 1 atom stereocenters. The number of thioether (sulfide) groups is 1. The van der Waals surface area contributed by atoms with Crippen LogP contribution in [-0.2, 0) is 0 Å². The van der Waals surface area contributed by atoms with Crippen molar-refractivity contribution in [2.45, 2.75) is 38.5 Å². The van der Waals surface area contributed by atoms with E-state index >= 15 is 0 Å². The van der Waals surface area contributed by atoms with Crippen LogP contribution in [0.3, 0.4) is 0 Å². The minimum atomic E-state index is 0.778. The zero-order valence-electron chi connectivity index (χ0n) is 9.92. The summed E-state index contributed by atoms with van der Waals surface area (Å²) >= 11 is 1.88. The van der Waals surface area contributed by atoms with Crippen LogP contribution in [0.5, 0.6) is 0 Å². The Morgan fingerprint density at radius 3 is 2.80 bits per heavy atom. The summed E-state index contributed by atoms with van der Waals surface area (Å²) < 4.78 is 0. The molecule has 0 aromatic heterocycles.